The summed E-state index contributed by atoms with van der Waals surface area (Å²) in [4.78, 5) is 7.31. The van der Waals surface area contributed by atoms with Crippen LogP contribution >= 0.6 is 36.4 Å². The van der Waals surface area contributed by atoms with Crippen LogP contribution in [-0.2, 0) is 0 Å². The Hall–Kier alpha value is -0.580. The maximum absolute atomic E-state index is 6.64. The lowest BCUT2D eigenvalue weighted by molar-refractivity contribution is 0.125. The Bertz CT molecular complexity index is 683. The monoisotopic (exact) mass is 401 g/mol. The second-order valence-electron chi connectivity index (χ2n) is 6.84. The molecule has 6 heteroatoms. The fourth-order valence-electron chi connectivity index (χ4n) is 4.30. The van der Waals surface area contributed by atoms with Gasteiger partial charge >= 0.3 is 0 Å². The Morgan fingerprint density at radius 1 is 1.08 bits per heavy atom. The molecule has 3 nitrogen and oxygen atoms in total. The lowest BCUT2D eigenvalue weighted by Gasteiger charge is -2.39. The van der Waals surface area contributed by atoms with Crippen molar-refractivity contribution < 1.29 is 0 Å². The average Bonchev–Trinajstić information content (AvgIpc) is 3.11. The highest BCUT2D eigenvalue weighted by atomic mass is 35.5. The van der Waals surface area contributed by atoms with E-state index in [0.717, 1.165) is 31.7 Å². The molecule has 1 atom stereocenters. The van der Waals surface area contributed by atoms with Crippen LogP contribution < -0.4 is 5.32 Å². The van der Waals surface area contributed by atoms with Crippen molar-refractivity contribution in [1.82, 2.24) is 15.2 Å². The van der Waals surface area contributed by atoms with Gasteiger partial charge in [0.05, 0.1) is 5.52 Å². The van der Waals surface area contributed by atoms with Gasteiger partial charge in [-0.3, -0.25) is 4.90 Å². The highest BCUT2D eigenvalue weighted by Crippen LogP contribution is 2.42. The third-order valence-corrected chi connectivity index (χ3v) is 5.72. The molecule has 138 valence electrons. The second kappa shape index (κ2) is 9.38. The van der Waals surface area contributed by atoms with Crippen LogP contribution in [0.1, 0.15) is 37.3 Å². The number of halogens is 3. The van der Waals surface area contributed by atoms with Crippen LogP contribution in [0.5, 0.6) is 0 Å². The molecule has 0 unspecified atom stereocenters. The Kier molecular flexibility index (Phi) is 7.78. The zero-order valence-electron chi connectivity index (χ0n) is 14.3. The molecule has 0 bridgehead atoms. The Labute approximate surface area is 167 Å². The molecule has 0 spiro atoms. The number of hydrogen-bond acceptors (Lipinski definition) is 3. The molecule has 1 aliphatic heterocycles. The van der Waals surface area contributed by atoms with Gasteiger partial charge in [0.25, 0.3) is 0 Å². The van der Waals surface area contributed by atoms with E-state index >= 15 is 0 Å². The van der Waals surface area contributed by atoms with E-state index in [9.17, 15) is 0 Å². The third-order valence-electron chi connectivity index (χ3n) is 5.41. The summed E-state index contributed by atoms with van der Waals surface area (Å²) >= 11 is 6.64. The average molecular weight is 403 g/mol. The zero-order chi connectivity index (χ0) is 15.6. The SMILES string of the molecule is Cl.Cl.Clc1nc2ccccc2cc1[C@@H](C1CCCC1)N1CCNCC1. The maximum Gasteiger partial charge on any atom is 0.134 e. The number of nitrogens with zero attached hydrogens (tertiary/aromatic N) is 2. The number of fused-ring (bicyclic) bond motifs is 1. The lowest BCUT2D eigenvalue weighted by Crippen LogP contribution is -2.46. The predicted molar refractivity (Wildman–Crippen MR) is 110 cm³/mol. The fraction of sp³-hybridized carbons (Fsp3) is 0.526. The van der Waals surface area contributed by atoms with E-state index in [-0.39, 0.29) is 24.8 Å². The van der Waals surface area contributed by atoms with E-state index in [4.69, 9.17) is 11.6 Å². The highest BCUT2D eigenvalue weighted by Gasteiger charge is 2.33. The molecule has 2 fully saturated rings. The minimum absolute atomic E-state index is 0. The van der Waals surface area contributed by atoms with E-state index in [1.807, 2.05) is 12.1 Å². The molecule has 0 amide bonds. The molecule has 25 heavy (non-hydrogen) atoms. The molecule has 0 radical (unpaired) electrons. The normalized spacial score (nSPS) is 20.0. The summed E-state index contributed by atoms with van der Waals surface area (Å²) in [7, 11) is 0. The number of nitrogens with one attached hydrogen (secondary N) is 1. The quantitative estimate of drug-likeness (QED) is 0.742. The molecule has 4 rings (SSSR count). The van der Waals surface area contributed by atoms with E-state index in [0.29, 0.717) is 17.1 Å². The number of rotatable bonds is 3. The lowest BCUT2D eigenvalue weighted by atomic mass is 9.90. The van der Waals surface area contributed by atoms with Crippen LogP contribution in [0.3, 0.4) is 0 Å². The van der Waals surface area contributed by atoms with Gasteiger partial charge in [-0.05, 0) is 30.9 Å². The van der Waals surface area contributed by atoms with Crippen molar-refractivity contribution >= 4 is 47.3 Å². The Balaban J connectivity index is 0.00000113. The molecule has 2 aromatic rings. The van der Waals surface area contributed by atoms with Gasteiger partial charge in [0, 0.05) is 43.2 Å². The van der Waals surface area contributed by atoms with Crippen molar-refractivity contribution in [2.75, 3.05) is 26.2 Å². The number of piperazine rings is 1. The minimum atomic E-state index is 0. The van der Waals surface area contributed by atoms with E-state index < -0.39 is 0 Å². The summed E-state index contributed by atoms with van der Waals surface area (Å²) in [6, 6.07) is 11.0. The third kappa shape index (κ3) is 4.40. The summed E-state index contributed by atoms with van der Waals surface area (Å²) in [5.41, 5.74) is 2.23. The van der Waals surface area contributed by atoms with Gasteiger partial charge in [0.2, 0.25) is 0 Å². The molecule has 1 saturated heterocycles. The molecular formula is C19H26Cl3N3. The van der Waals surface area contributed by atoms with Gasteiger partial charge in [-0.1, -0.05) is 42.6 Å². The van der Waals surface area contributed by atoms with Gasteiger partial charge in [-0.2, -0.15) is 0 Å². The van der Waals surface area contributed by atoms with Gasteiger partial charge in [0.15, 0.2) is 0 Å². The summed E-state index contributed by atoms with van der Waals surface area (Å²) in [6.07, 6.45) is 5.34. The maximum atomic E-state index is 6.64. The number of para-hydroxylation sites is 1. The summed E-state index contributed by atoms with van der Waals surface area (Å²) in [6.45, 7) is 4.35. The van der Waals surface area contributed by atoms with Crippen molar-refractivity contribution in [2.24, 2.45) is 5.92 Å². The van der Waals surface area contributed by atoms with Crippen molar-refractivity contribution in [2.45, 2.75) is 31.7 Å². The Morgan fingerprint density at radius 3 is 2.48 bits per heavy atom. The number of aromatic nitrogens is 1. The van der Waals surface area contributed by atoms with Crippen LogP contribution in [0.2, 0.25) is 5.15 Å². The zero-order valence-corrected chi connectivity index (χ0v) is 16.7. The molecule has 2 heterocycles. The van der Waals surface area contributed by atoms with Crippen molar-refractivity contribution in [3.8, 4) is 0 Å². The number of benzene rings is 1. The second-order valence-corrected chi connectivity index (χ2v) is 7.19. The molecule has 1 aromatic carbocycles. The summed E-state index contributed by atoms with van der Waals surface area (Å²) in [5.74, 6) is 0.716. The first kappa shape index (κ1) is 20.7. The van der Waals surface area contributed by atoms with E-state index in [1.54, 1.807) is 0 Å². The fourth-order valence-corrected chi connectivity index (χ4v) is 4.56. The van der Waals surface area contributed by atoms with Crippen molar-refractivity contribution in [1.29, 1.82) is 0 Å². The predicted octanol–water partition coefficient (Wildman–Crippen LogP) is 4.87. The van der Waals surface area contributed by atoms with Crippen LogP contribution in [0.25, 0.3) is 10.9 Å². The molecule has 1 aliphatic carbocycles. The summed E-state index contributed by atoms with van der Waals surface area (Å²) < 4.78 is 0. The van der Waals surface area contributed by atoms with E-state index in [1.165, 1.54) is 36.6 Å². The van der Waals surface area contributed by atoms with Gasteiger partial charge < -0.3 is 5.32 Å². The van der Waals surface area contributed by atoms with Gasteiger partial charge in [-0.25, -0.2) is 4.98 Å². The first-order chi connectivity index (χ1) is 11.3. The van der Waals surface area contributed by atoms with Crippen LogP contribution in [0, 0.1) is 5.92 Å². The number of hydrogen-bond donors (Lipinski definition) is 1. The molecule has 1 aromatic heterocycles. The van der Waals surface area contributed by atoms with Gasteiger partial charge in [-0.15, -0.1) is 24.8 Å². The van der Waals surface area contributed by atoms with Gasteiger partial charge in [0.1, 0.15) is 5.15 Å². The largest absolute Gasteiger partial charge is 0.314 e. The molecule has 1 N–H and O–H groups in total. The van der Waals surface area contributed by atoms with Crippen molar-refractivity contribution in [3.63, 3.8) is 0 Å². The van der Waals surface area contributed by atoms with E-state index in [2.05, 4.69) is 33.4 Å². The smallest absolute Gasteiger partial charge is 0.134 e. The molecule has 2 aliphatic rings. The number of pyridine rings is 1. The summed E-state index contributed by atoms with van der Waals surface area (Å²) in [5, 5.41) is 5.36. The first-order valence-electron chi connectivity index (χ1n) is 8.83. The molecular weight excluding hydrogens is 377 g/mol. The standard InChI is InChI=1S/C19H24ClN3.2ClH/c20-19-16(13-15-7-3-4-8-17(15)22-19)18(14-5-1-2-6-14)23-11-9-21-10-12-23;;/h3-4,7-8,13-14,18,21H,1-2,5-6,9-12H2;2*1H/t18-;;/m1../s1. The minimum Gasteiger partial charge on any atom is -0.314 e. The topological polar surface area (TPSA) is 28.2 Å². The highest BCUT2D eigenvalue weighted by molar-refractivity contribution is 6.30. The molecule has 1 saturated carbocycles. The van der Waals surface area contributed by atoms with Crippen LogP contribution in [0.15, 0.2) is 30.3 Å². The van der Waals surface area contributed by atoms with Crippen LogP contribution in [-0.4, -0.2) is 36.1 Å². The Morgan fingerprint density at radius 2 is 1.76 bits per heavy atom. The van der Waals surface area contributed by atoms with Crippen LogP contribution in [0.4, 0.5) is 0 Å². The van der Waals surface area contributed by atoms with Crippen molar-refractivity contribution in [3.05, 3.63) is 41.0 Å². The first-order valence-corrected chi connectivity index (χ1v) is 9.21.